The number of halogens is 2. The molecule has 0 saturated carbocycles. The normalized spacial score (nSPS) is 9.45. The summed E-state index contributed by atoms with van der Waals surface area (Å²) in [5.74, 6) is 0. The maximum Gasteiger partial charge on any atom is 4.00 e. The molecule has 2 aromatic carbocycles. The van der Waals surface area contributed by atoms with Crippen molar-refractivity contribution in [3.05, 3.63) is 59.7 Å². The van der Waals surface area contributed by atoms with Gasteiger partial charge in [-0.3, -0.25) is 0 Å². The standard InChI is InChI=1S/2C13H21.2ClH.Ti/c2*1-2-3-4-5-6-7-10-13-11-8-9-12-13;;;/h2*8-9,11-12H,2-7,10H2,1H3;2*1H;/q2*-1;;;+4/p-2. The van der Waals surface area contributed by atoms with Gasteiger partial charge >= 0.3 is 21.7 Å². The van der Waals surface area contributed by atoms with E-state index in [1.807, 2.05) is 0 Å². The molecular weight excluding hydrogens is 431 g/mol. The first-order valence-electron chi connectivity index (χ1n) is 11.3. The van der Waals surface area contributed by atoms with Crippen molar-refractivity contribution >= 4 is 0 Å². The molecule has 2 rings (SSSR count). The van der Waals surface area contributed by atoms with Crippen LogP contribution in [0.25, 0.3) is 0 Å². The Morgan fingerprint density at radius 2 is 0.724 bits per heavy atom. The molecule has 0 amide bonds. The summed E-state index contributed by atoms with van der Waals surface area (Å²) in [5, 5.41) is 0. The number of hydrogen-bond donors (Lipinski definition) is 0. The quantitative estimate of drug-likeness (QED) is 0.225. The van der Waals surface area contributed by atoms with Crippen LogP contribution in [0, 0.1) is 0 Å². The number of unbranched alkanes of at least 4 members (excludes halogenated alkanes) is 10. The molecule has 29 heavy (non-hydrogen) atoms. The van der Waals surface area contributed by atoms with E-state index < -0.39 is 0 Å². The summed E-state index contributed by atoms with van der Waals surface area (Å²) in [5.41, 5.74) is 3.02. The van der Waals surface area contributed by atoms with Crippen LogP contribution in [-0.4, -0.2) is 0 Å². The van der Waals surface area contributed by atoms with Crippen LogP contribution in [0.1, 0.15) is 102 Å². The molecule has 3 heteroatoms. The fraction of sp³-hybridized carbons (Fsp3) is 0.615. The van der Waals surface area contributed by atoms with E-state index in [1.54, 1.807) is 0 Å². The van der Waals surface area contributed by atoms with Gasteiger partial charge in [0.15, 0.2) is 0 Å². The fourth-order valence-electron chi connectivity index (χ4n) is 3.38. The van der Waals surface area contributed by atoms with Gasteiger partial charge < -0.3 is 24.8 Å². The summed E-state index contributed by atoms with van der Waals surface area (Å²) < 4.78 is 0. The maximum atomic E-state index is 2.27. The molecular formula is C26H42Cl2Ti. The Hall–Kier alpha value is -0.00571. The van der Waals surface area contributed by atoms with Crippen LogP contribution in [0.4, 0.5) is 0 Å². The molecule has 0 spiro atoms. The molecule has 0 bridgehead atoms. The molecule has 0 heterocycles. The van der Waals surface area contributed by atoms with Gasteiger partial charge in [-0.05, 0) is 0 Å². The summed E-state index contributed by atoms with van der Waals surface area (Å²) in [6.45, 7) is 4.54. The van der Waals surface area contributed by atoms with Gasteiger partial charge in [-0.1, -0.05) is 104 Å². The Morgan fingerprint density at radius 3 is 1.03 bits per heavy atom. The molecule has 0 aliphatic heterocycles. The number of rotatable bonds is 14. The zero-order chi connectivity index (χ0) is 18.7. The zero-order valence-corrected chi connectivity index (χ0v) is 21.8. The van der Waals surface area contributed by atoms with Crippen molar-refractivity contribution in [3.63, 3.8) is 0 Å². The Morgan fingerprint density at radius 1 is 0.448 bits per heavy atom. The molecule has 0 aromatic heterocycles. The van der Waals surface area contributed by atoms with Crippen LogP contribution in [0.15, 0.2) is 48.5 Å². The van der Waals surface area contributed by atoms with Crippen molar-refractivity contribution in [2.45, 2.75) is 104 Å². The van der Waals surface area contributed by atoms with E-state index in [2.05, 4.69) is 62.4 Å². The minimum atomic E-state index is 0. The molecule has 0 unspecified atom stereocenters. The third-order valence-electron chi connectivity index (χ3n) is 5.10. The first kappa shape index (κ1) is 33.6. The Bertz CT molecular complexity index is 431. The van der Waals surface area contributed by atoms with E-state index in [-0.39, 0.29) is 46.5 Å². The van der Waals surface area contributed by atoms with Gasteiger partial charge in [0.2, 0.25) is 0 Å². The molecule has 0 aliphatic rings. The third-order valence-corrected chi connectivity index (χ3v) is 5.10. The fourth-order valence-corrected chi connectivity index (χ4v) is 3.38. The van der Waals surface area contributed by atoms with Gasteiger partial charge in [-0.15, -0.1) is 0 Å². The summed E-state index contributed by atoms with van der Waals surface area (Å²) in [6.07, 6.45) is 19.3. The molecule has 164 valence electrons. The molecule has 0 N–H and O–H groups in total. The monoisotopic (exact) mass is 472 g/mol. The van der Waals surface area contributed by atoms with Crippen LogP contribution in [0.2, 0.25) is 0 Å². The molecule has 0 atom stereocenters. The summed E-state index contributed by atoms with van der Waals surface area (Å²) in [7, 11) is 0. The summed E-state index contributed by atoms with van der Waals surface area (Å²) in [4.78, 5) is 0. The van der Waals surface area contributed by atoms with Crippen LogP contribution >= 0.6 is 0 Å². The average molecular weight is 473 g/mol. The summed E-state index contributed by atoms with van der Waals surface area (Å²) in [6, 6.07) is 17.4. The molecule has 0 radical (unpaired) electrons. The first-order valence-corrected chi connectivity index (χ1v) is 11.3. The van der Waals surface area contributed by atoms with E-state index in [0.29, 0.717) is 0 Å². The van der Waals surface area contributed by atoms with E-state index in [4.69, 9.17) is 0 Å². The number of aryl methyl sites for hydroxylation is 2. The largest absolute Gasteiger partial charge is 4.00 e. The topological polar surface area (TPSA) is 0 Å². The number of hydrogen-bond acceptors (Lipinski definition) is 0. The van der Waals surface area contributed by atoms with Gasteiger partial charge in [0.25, 0.3) is 0 Å². The molecule has 0 aliphatic carbocycles. The van der Waals surface area contributed by atoms with E-state index in [1.165, 1.54) is 101 Å². The minimum Gasteiger partial charge on any atom is -1.00 e. The molecule has 0 fully saturated rings. The van der Waals surface area contributed by atoms with Gasteiger partial charge in [-0.2, -0.15) is 35.4 Å². The minimum absolute atomic E-state index is 0. The first-order chi connectivity index (χ1) is 12.9. The van der Waals surface area contributed by atoms with E-state index >= 15 is 0 Å². The van der Waals surface area contributed by atoms with Crippen LogP contribution in [0.3, 0.4) is 0 Å². The van der Waals surface area contributed by atoms with Crippen LogP contribution < -0.4 is 24.8 Å². The SMILES string of the molecule is CCCCCCCC[c-]1cccc1.CCCCCCCC[c-]1cccc1.[Cl-].[Cl-].[Ti+4]. The van der Waals surface area contributed by atoms with Gasteiger partial charge in [-0.25, -0.2) is 24.3 Å². The second-order valence-electron chi connectivity index (χ2n) is 7.62. The van der Waals surface area contributed by atoms with Crippen molar-refractivity contribution in [2.24, 2.45) is 0 Å². The van der Waals surface area contributed by atoms with Crippen LogP contribution in [-0.2, 0) is 34.6 Å². The Labute approximate surface area is 209 Å². The Balaban J connectivity index is -0.000000422. The van der Waals surface area contributed by atoms with Crippen molar-refractivity contribution in [1.82, 2.24) is 0 Å². The average Bonchev–Trinajstić information content (AvgIpc) is 3.35. The predicted octanol–water partition coefficient (Wildman–Crippen LogP) is 2.62. The second-order valence-corrected chi connectivity index (χ2v) is 7.62. The van der Waals surface area contributed by atoms with Crippen molar-refractivity contribution < 1.29 is 46.5 Å². The van der Waals surface area contributed by atoms with Crippen molar-refractivity contribution in [2.75, 3.05) is 0 Å². The smallest absolute Gasteiger partial charge is 1.00 e. The summed E-state index contributed by atoms with van der Waals surface area (Å²) >= 11 is 0. The second kappa shape index (κ2) is 26.0. The predicted molar refractivity (Wildman–Crippen MR) is 118 cm³/mol. The Kier molecular flexibility index (Phi) is 30.2. The third kappa shape index (κ3) is 21.0. The molecule has 2 aromatic rings. The van der Waals surface area contributed by atoms with Crippen molar-refractivity contribution in [3.8, 4) is 0 Å². The maximum absolute atomic E-state index is 2.27. The molecule has 0 saturated heterocycles. The van der Waals surface area contributed by atoms with E-state index in [9.17, 15) is 0 Å². The van der Waals surface area contributed by atoms with Crippen molar-refractivity contribution in [1.29, 1.82) is 0 Å². The van der Waals surface area contributed by atoms with Gasteiger partial charge in [0.05, 0.1) is 0 Å². The van der Waals surface area contributed by atoms with Crippen LogP contribution in [0.5, 0.6) is 0 Å². The molecule has 0 nitrogen and oxygen atoms in total. The zero-order valence-electron chi connectivity index (χ0n) is 18.8. The van der Waals surface area contributed by atoms with E-state index in [0.717, 1.165) is 0 Å². The van der Waals surface area contributed by atoms with Gasteiger partial charge in [0, 0.05) is 0 Å². The van der Waals surface area contributed by atoms with Gasteiger partial charge in [0.1, 0.15) is 0 Å².